The van der Waals surface area contributed by atoms with Gasteiger partial charge in [0.2, 0.25) is 17.7 Å². The van der Waals surface area contributed by atoms with E-state index < -0.39 is 60.2 Å². The Morgan fingerprint density at radius 2 is 1.60 bits per heavy atom. The molecular weight excluding hydrogens is 568 g/mol. The number of aliphatic carboxylic acids is 2. The van der Waals surface area contributed by atoms with Crippen molar-refractivity contribution in [2.24, 2.45) is 22.2 Å². The van der Waals surface area contributed by atoms with Crippen molar-refractivity contribution in [3.63, 3.8) is 0 Å². The molecule has 1 heterocycles. The minimum Gasteiger partial charge on any atom is -0.481 e. The number of amides is 3. The summed E-state index contributed by atoms with van der Waals surface area (Å²) in [6.45, 7) is 0.160. The number of para-hydroxylation sites is 1. The van der Waals surface area contributed by atoms with Crippen LogP contribution in [0.1, 0.15) is 31.2 Å². The fourth-order valence-electron chi connectivity index (χ4n) is 4.10. The van der Waals surface area contributed by atoms with Gasteiger partial charge in [0, 0.05) is 23.6 Å². The second-order valence-corrected chi connectivity index (χ2v) is 10.5. The monoisotopic (exact) mass is 606 g/mol. The fraction of sp³-hybridized carbons (Fsp3) is 0.462. The van der Waals surface area contributed by atoms with E-state index in [-0.39, 0.29) is 38.2 Å². The first-order valence-corrected chi connectivity index (χ1v) is 14.5. The number of carbonyl (C=O) groups excluding carboxylic acids is 3. The van der Waals surface area contributed by atoms with Gasteiger partial charge < -0.3 is 48.3 Å². The van der Waals surface area contributed by atoms with E-state index in [1.54, 1.807) is 12.5 Å². The highest BCUT2D eigenvalue weighted by atomic mass is 32.2. The molecule has 0 bridgehead atoms. The first-order valence-electron chi connectivity index (χ1n) is 13.1. The third-order valence-corrected chi connectivity index (χ3v) is 6.91. The van der Waals surface area contributed by atoms with Gasteiger partial charge in [-0.2, -0.15) is 11.8 Å². The molecule has 3 amide bonds. The molecule has 0 aliphatic heterocycles. The number of fused-ring (bicyclic) bond motifs is 1. The van der Waals surface area contributed by atoms with E-state index in [0.29, 0.717) is 5.75 Å². The van der Waals surface area contributed by atoms with E-state index in [1.807, 2.05) is 24.3 Å². The number of guanidine groups is 1. The maximum Gasteiger partial charge on any atom is 0.326 e. The number of aromatic nitrogens is 1. The SMILES string of the molecule is CSCCC(NC(=O)C(CC(=O)O)NC(=O)C(N)Cc1c[nH]c2ccccc12)C(=O)NC(CCCN=C(N)N)C(=O)O. The standard InChI is InChI=1S/C26H38N8O7S/c1-42-10-8-18(23(38)33-19(25(40)41)7-4-9-30-26(28)29)32-24(39)20(12-21(35)36)34-22(37)16(27)11-14-13-31-17-6-3-2-5-15(14)17/h2-3,5-6,13,16,18-20,31H,4,7-12,27H2,1H3,(H,32,39)(H,33,38)(H,34,37)(H,35,36)(H,40,41)(H4,28,29,30). The molecule has 0 fully saturated rings. The van der Waals surface area contributed by atoms with Crippen molar-refractivity contribution in [1.29, 1.82) is 0 Å². The molecule has 0 aliphatic rings. The number of carbonyl (C=O) groups is 5. The van der Waals surface area contributed by atoms with Gasteiger partial charge in [-0.15, -0.1) is 0 Å². The Kier molecular flexibility index (Phi) is 13.6. The largest absolute Gasteiger partial charge is 0.481 e. The van der Waals surface area contributed by atoms with Crippen molar-refractivity contribution in [2.75, 3.05) is 18.6 Å². The minimum atomic E-state index is -1.54. The van der Waals surface area contributed by atoms with Gasteiger partial charge in [0.25, 0.3) is 0 Å². The second-order valence-electron chi connectivity index (χ2n) is 9.52. The Bertz CT molecular complexity index is 1280. The summed E-state index contributed by atoms with van der Waals surface area (Å²) in [5.74, 6) is -4.83. The Hall–Kier alpha value is -4.31. The predicted octanol–water partition coefficient (Wildman–Crippen LogP) is -1.14. The van der Waals surface area contributed by atoms with Crippen molar-refractivity contribution in [2.45, 2.75) is 56.3 Å². The smallest absolute Gasteiger partial charge is 0.326 e. The zero-order valence-electron chi connectivity index (χ0n) is 23.2. The molecule has 16 heteroatoms. The Morgan fingerprint density at radius 1 is 0.952 bits per heavy atom. The minimum absolute atomic E-state index is 0.0209. The van der Waals surface area contributed by atoms with Crippen LogP contribution >= 0.6 is 11.8 Å². The van der Waals surface area contributed by atoms with Gasteiger partial charge in [0.15, 0.2) is 5.96 Å². The third-order valence-electron chi connectivity index (χ3n) is 6.27. The number of aliphatic imine (C=N–C) groups is 1. The summed E-state index contributed by atoms with van der Waals surface area (Å²) in [5.41, 5.74) is 18.2. The first kappa shape index (κ1) is 33.9. The van der Waals surface area contributed by atoms with Gasteiger partial charge in [-0.25, -0.2) is 4.79 Å². The Balaban J connectivity index is 2.09. The summed E-state index contributed by atoms with van der Waals surface area (Å²) in [7, 11) is 0. The van der Waals surface area contributed by atoms with Crippen LogP contribution in [0.2, 0.25) is 0 Å². The Labute approximate surface area is 246 Å². The van der Waals surface area contributed by atoms with Crippen LogP contribution in [-0.2, 0) is 30.4 Å². The van der Waals surface area contributed by atoms with Crippen molar-refractivity contribution in [1.82, 2.24) is 20.9 Å². The summed E-state index contributed by atoms with van der Waals surface area (Å²) in [5, 5.41) is 27.0. The van der Waals surface area contributed by atoms with Crippen LogP contribution in [0.15, 0.2) is 35.5 Å². The van der Waals surface area contributed by atoms with E-state index in [9.17, 15) is 34.2 Å². The molecule has 0 spiro atoms. The van der Waals surface area contributed by atoms with E-state index in [2.05, 4.69) is 25.9 Å². The Morgan fingerprint density at radius 3 is 2.24 bits per heavy atom. The number of thioether (sulfide) groups is 1. The molecular formula is C26H38N8O7S. The van der Waals surface area contributed by atoms with Gasteiger partial charge in [-0.1, -0.05) is 18.2 Å². The van der Waals surface area contributed by atoms with Crippen molar-refractivity contribution in [3.8, 4) is 0 Å². The molecule has 4 atom stereocenters. The molecule has 4 unspecified atom stereocenters. The van der Waals surface area contributed by atoms with Gasteiger partial charge >= 0.3 is 11.9 Å². The molecule has 230 valence electrons. The third kappa shape index (κ3) is 10.9. The highest BCUT2D eigenvalue weighted by Gasteiger charge is 2.31. The first-order chi connectivity index (χ1) is 19.9. The number of nitrogens with one attached hydrogen (secondary N) is 4. The molecule has 0 saturated heterocycles. The number of rotatable bonds is 18. The van der Waals surface area contributed by atoms with Crippen LogP contribution in [0.4, 0.5) is 0 Å². The zero-order chi connectivity index (χ0) is 31.2. The van der Waals surface area contributed by atoms with Gasteiger partial charge in [-0.3, -0.25) is 24.2 Å². The number of benzene rings is 1. The number of carboxylic acid groups (broad SMARTS) is 2. The molecule has 0 aliphatic carbocycles. The zero-order valence-corrected chi connectivity index (χ0v) is 24.0. The van der Waals surface area contributed by atoms with Crippen molar-refractivity contribution in [3.05, 3.63) is 36.0 Å². The van der Waals surface area contributed by atoms with Crippen LogP contribution in [0.25, 0.3) is 10.9 Å². The molecule has 12 N–H and O–H groups in total. The number of hydrogen-bond acceptors (Lipinski definition) is 8. The molecule has 2 aromatic rings. The maximum atomic E-state index is 13.1. The van der Waals surface area contributed by atoms with Crippen LogP contribution < -0.4 is 33.2 Å². The quantitative estimate of drug-likeness (QED) is 0.0556. The average Bonchev–Trinajstić information content (AvgIpc) is 3.34. The number of hydrogen-bond donors (Lipinski definition) is 9. The van der Waals surface area contributed by atoms with Gasteiger partial charge in [-0.05, 0) is 49.3 Å². The highest BCUT2D eigenvalue weighted by Crippen LogP contribution is 2.19. The summed E-state index contributed by atoms with van der Waals surface area (Å²) < 4.78 is 0. The maximum absolute atomic E-state index is 13.1. The lowest BCUT2D eigenvalue weighted by atomic mass is 10.0. The molecule has 0 saturated carbocycles. The van der Waals surface area contributed by atoms with E-state index in [4.69, 9.17) is 17.2 Å². The fourth-order valence-corrected chi connectivity index (χ4v) is 4.57. The molecule has 1 aromatic carbocycles. The molecule has 1 aromatic heterocycles. The lowest BCUT2D eigenvalue weighted by Crippen LogP contribution is -2.57. The second kappa shape index (κ2) is 16.8. The topological polar surface area (TPSA) is 268 Å². The lowest BCUT2D eigenvalue weighted by molar-refractivity contribution is -0.143. The number of carboxylic acids is 2. The van der Waals surface area contributed by atoms with Gasteiger partial charge in [0.1, 0.15) is 18.1 Å². The van der Waals surface area contributed by atoms with Crippen LogP contribution in [0.5, 0.6) is 0 Å². The van der Waals surface area contributed by atoms with Crippen LogP contribution in [0, 0.1) is 0 Å². The van der Waals surface area contributed by atoms with Crippen molar-refractivity contribution >= 4 is 58.3 Å². The molecule has 15 nitrogen and oxygen atoms in total. The van der Waals surface area contributed by atoms with E-state index >= 15 is 0 Å². The van der Waals surface area contributed by atoms with Crippen LogP contribution in [0.3, 0.4) is 0 Å². The van der Waals surface area contributed by atoms with Gasteiger partial charge in [0.05, 0.1) is 12.5 Å². The molecule has 42 heavy (non-hydrogen) atoms. The summed E-state index contributed by atoms with van der Waals surface area (Å²) in [4.78, 5) is 69.1. The summed E-state index contributed by atoms with van der Waals surface area (Å²) in [6, 6.07) is 2.32. The number of nitrogens with two attached hydrogens (primary N) is 3. The normalized spacial score (nSPS) is 13.8. The highest BCUT2D eigenvalue weighted by molar-refractivity contribution is 7.98. The number of nitrogens with zero attached hydrogens (tertiary/aromatic N) is 1. The van der Waals surface area contributed by atoms with Crippen LogP contribution in [-0.4, -0.2) is 93.5 Å². The summed E-state index contributed by atoms with van der Waals surface area (Å²) >= 11 is 1.39. The number of H-pyrrole nitrogens is 1. The number of aromatic amines is 1. The van der Waals surface area contributed by atoms with E-state index in [0.717, 1.165) is 16.5 Å². The molecule has 2 rings (SSSR count). The lowest BCUT2D eigenvalue weighted by Gasteiger charge is -2.24. The summed E-state index contributed by atoms with van der Waals surface area (Å²) in [6.07, 6.45) is 3.26. The predicted molar refractivity (Wildman–Crippen MR) is 159 cm³/mol. The van der Waals surface area contributed by atoms with E-state index in [1.165, 1.54) is 11.8 Å². The molecule has 0 radical (unpaired) electrons. The average molecular weight is 607 g/mol. The van der Waals surface area contributed by atoms with Crippen molar-refractivity contribution < 1.29 is 34.2 Å².